The Morgan fingerprint density at radius 1 is 0.855 bits per heavy atom. The zero-order valence-corrected chi connectivity index (χ0v) is 35.4. The van der Waals surface area contributed by atoms with Crippen molar-refractivity contribution < 1.29 is 65.8 Å². The lowest BCUT2D eigenvalue weighted by Crippen LogP contribution is -2.55. The number of aromatic carboxylic acids is 1. The number of Topliss-reactive ketones (excluding diaryl/α,β-unsaturated/α-hetero) is 3. The number of ether oxygens (including phenoxy) is 1. The van der Waals surface area contributed by atoms with Crippen LogP contribution in [0, 0.1) is 41.0 Å². The molecule has 62 heavy (non-hydrogen) atoms. The third-order valence-electron chi connectivity index (χ3n) is 11.0. The quantitative estimate of drug-likeness (QED) is 0.0812. The SMILES string of the molecule is CC(C)CC(CC(=O)[C@@H]1C[C@@H](OC(C)(C)C)CN1C(=O)[C@@H](NC(=O)c1c(F)c(F)c(C(=O)O)c(F)c1F)C1CCCCC1)C(=O)C(=O)CCC(=O)N[C@H](C(N)=O)c1ccccc1. The van der Waals surface area contributed by atoms with Crippen LogP contribution in [-0.4, -0.2) is 87.3 Å². The monoisotopic (exact) mass is 874 g/mol. The minimum atomic E-state index is -2.32. The van der Waals surface area contributed by atoms with Gasteiger partial charge in [0.25, 0.3) is 5.91 Å². The van der Waals surface area contributed by atoms with E-state index in [1.54, 1.807) is 65.0 Å². The van der Waals surface area contributed by atoms with Crippen LogP contribution in [-0.2, 0) is 33.5 Å². The number of carbonyl (C=O) groups is 8. The first-order valence-corrected chi connectivity index (χ1v) is 20.6. The van der Waals surface area contributed by atoms with Gasteiger partial charge >= 0.3 is 5.97 Å². The van der Waals surface area contributed by atoms with Gasteiger partial charge in [-0.1, -0.05) is 63.4 Å². The minimum Gasteiger partial charge on any atom is -0.477 e. The number of nitrogens with one attached hydrogen (secondary N) is 2. The molecule has 4 rings (SSSR count). The van der Waals surface area contributed by atoms with Gasteiger partial charge in [-0.2, -0.15) is 0 Å². The highest BCUT2D eigenvalue weighted by Crippen LogP contribution is 2.33. The fraction of sp³-hybridized carbons (Fsp3) is 0.545. The summed E-state index contributed by atoms with van der Waals surface area (Å²) in [5.41, 5.74) is 1.40. The molecule has 1 saturated heterocycles. The van der Waals surface area contributed by atoms with Crippen LogP contribution in [0.5, 0.6) is 0 Å². The molecule has 18 heteroatoms. The first kappa shape index (κ1) is 49.1. The molecular formula is C44H54F4N4O10. The lowest BCUT2D eigenvalue weighted by molar-refractivity contribution is -0.143. The van der Waals surface area contributed by atoms with Gasteiger partial charge in [-0.25, -0.2) is 22.4 Å². The number of primary amides is 1. The van der Waals surface area contributed by atoms with Crippen molar-refractivity contribution in [2.45, 2.75) is 129 Å². The first-order valence-electron chi connectivity index (χ1n) is 20.6. The lowest BCUT2D eigenvalue weighted by Gasteiger charge is -2.35. The summed E-state index contributed by atoms with van der Waals surface area (Å²) in [5.74, 6) is -20.2. The van der Waals surface area contributed by atoms with Crippen LogP contribution in [0.3, 0.4) is 0 Å². The van der Waals surface area contributed by atoms with E-state index in [2.05, 4.69) is 10.6 Å². The number of likely N-dealkylation sites (tertiary alicyclic amines) is 1. The maximum absolute atomic E-state index is 15.1. The number of nitrogens with zero attached hydrogens (tertiary/aromatic N) is 1. The van der Waals surface area contributed by atoms with Crippen molar-refractivity contribution in [1.29, 1.82) is 0 Å². The van der Waals surface area contributed by atoms with Crippen LogP contribution < -0.4 is 16.4 Å². The van der Waals surface area contributed by atoms with E-state index in [0.717, 1.165) is 11.3 Å². The third kappa shape index (κ3) is 12.3. The van der Waals surface area contributed by atoms with Crippen molar-refractivity contribution in [2.24, 2.45) is 23.5 Å². The molecule has 5 N–H and O–H groups in total. The summed E-state index contributed by atoms with van der Waals surface area (Å²) in [6.07, 6.45) is 0.386. The van der Waals surface area contributed by atoms with E-state index in [1.807, 2.05) is 0 Å². The van der Waals surface area contributed by atoms with Gasteiger partial charge in [0.05, 0.1) is 17.7 Å². The Bertz CT molecular complexity index is 2020. The normalized spacial score (nSPS) is 18.5. The van der Waals surface area contributed by atoms with Crippen LogP contribution in [0.4, 0.5) is 17.6 Å². The summed E-state index contributed by atoms with van der Waals surface area (Å²) in [5, 5.41) is 13.8. The molecule has 1 heterocycles. The number of ketones is 3. The predicted octanol–water partition coefficient (Wildman–Crippen LogP) is 5.29. The summed E-state index contributed by atoms with van der Waals surface area (Å²) >= 11 is 0. The number of halogens is 4. The number of amides is 4. The summed E-state index contributed by atoms with van der Waals surface area (Å²) < 4.78 is 65.7. The van der Waals surface area contributed by atoms with E-state index < -0.39 is 142 Å². The average Bonchev–Trinajstić information content (AvgIpc) is 3.62. The number of carbonyl (C=O) groups excluding carboxylic acids is 7. The molecule has 1 saturated carbocycles. The lowest BCUT2D eigenvalue weighted by atomic mass is 9.82. The molecule has 0 spiro atoms. The van der Waals surface area contributed by atoms with Gasteiger partial charge in [-0.15, -0.1) is 0 Å². The molecule has 14 nitrogen and oxygen atoms in total. The molecular weight excluding hydrogens is 820 g/mol. The molecule has 0 aromatic heterocycles. The molecule has 1 aliphatic heterocycles. The van der Waals surface area contributed by atoms with Crippen molar-refractivity contribution in [3.8, 4) is 0 Å². The van der Waals surface area contributed by atoms with Crippen LogP contribution >= 0.6 is 0 Å². The topological polar surface area (TPSA) is 219 Å². The average molecular weight is 875 g/mol. The van der Waals surface area contributed by atoms with E-state index >= 15 is 8.78 Å². The largest absolute Gasteiger partial charge is 0.477 e. The van der Waals surface area contributed by atoms with Gasteiger partial charge in [0.2, 0.25) is 23.5 Å². The van der Waals surface area contributed by atoms with Gasteiger partial charge in [0.15, 0.2) is 34.8 Å². The molecule has 2 aromatic rings. The molecule has 2 fully saturated rings. The number of hydrogen-bond donors (Lipinski definition) is 4. The Hall–Kier alpha value is -5.52. The Morgan fingerprint density at radius 2 is 1.44 bits per heavy atom. The van der Waals surface area contributed by atoms with Gasteiger partial charge in [0, 0.05) is 38.1 Å². The zero-order valence-electron chi connectivity index (χ0n) is 35.4. The number of carboxylic acids is 1. The second-order valence-electron chi connectivity index (χ2n) is 17.4. The van der Waals surface area contributed by atoms with Crippen LogP contribution in [0.1, 0.15) is 131 Å². The first-order chi connectivity index (χ1) is 29.0. The number of carboxylic acid groups (broad SMARTS) is 1. The highest BCUT2D eigenvalue weighted by Gasteiger charge is 2.46. The molecule has 338 valence electrons. The van der Waals surface area contributed by atoms with Crippen molar-refractivity contribution >= 4 is 46.9 Å². The second kappa shape index (κ2) is 21.0. The number of nitrogens with two attached hydrogens (primary N) is 1. The molecule has 4 amide bonds. The second-order valence-corrected chi connectivity index (χ2v) is 17.4. The molecule has 5 atom stereocenters. The van der Waals surface area contributed by atoms with Crippen LogP contribution in [0.2, 0.25) is 0 Å². The Kier molecular flexibility index (Phi) is 16.7. The maximum Gasteiger partial charge on any atom is 0.341 e. The van der Waals surface area contributed by atoms with Crippen molar-refractivity contribution in [3.05, 3.63) is 70.3 Å². The van der Waals surface area contributed by atoms with Gasteiger partial charge < -0.3 is 31.1 Å². The van der Waals surface area contributed by atoms with E-state index in [9.17, 15) is 47.1 Å². The van der Waals surface area contributed by atoms with E-state index in [-0.39, 0.29) is 25.3 Å². The number of rotatable bonds is 19. The molecule has 1 unspecified atom stereocenters. The summed E-state index contributed by atoms with van der Waals surface area (Å²) in [4.78, 5) is 107. The van der Waals surface area contributed by atoms with Crippen molar-refractivity contribution in [1.82, 2.24) is 15.5 Å². The Morgan fingerprint density at radius 3 is 1.97 bits per heavy atom. The minimum absolute atomic E-state index is 0.0668. The molecule has 0 bridgehead atoms. The van der Waals surface area contributed by atoms with Crippen LogP contribution in [0.15, 0.2) is 30.3 Å². The van der Waals surface area contributed by atoms with Gasteiger partial charge in [0.1, 0.15) is 23.2 Å². The van der Waals surface area contributed by atoms with E-state index in [4.69, 9.17) is 15.6 Å². The Balaban J connectivity index is 1.59. The van der Waals surface area contributed by atoms with Crippen LogP contribution in [0.25, 0.3) is 0 Å². The smallest absolute Gasteiger partial charge is 0.341 e. The number of hydrogen-bond acceptors (Lipinski definition) is 9. The van der Waals surface area contributed by atoms with Crippen molar-refractivity contribution in [2.75, 3.05) is 6.54 Å². The zero-order chi connectivity index (χ0) is 46.2. The molecule has 1 aliphatic carbocycles. The van der Waals surface area contributed by atoms with Crippen molar-refractivity contribution in [3.63, 3.8) is 0 Å². The fourth-order valence-corrected chi connectivity index (χ4v) is 8.20. The summed E-state index contributed by atoms with van der Waals surface area (Å²) in [6, 6.07) is 4.12. The fourth-order valence-electron chi connectivity index (χ4n) is 8.20. The van der Waals surface area contributed by atoms with E-state index in [0.29, 0.717) is 31.2 Å². The van der Waals surface area contributed by atoms with Gasteiger partial charge in [-0.05, 0) is 57.4 Å². The molecule has 2 aliphatic rings. The summed E-state index contributed by atoms with van der Waals surface area (Å²) in [6.45, 7) is 8.58. The molecule has 2 aromatic carbocycles. The molecule has 0 radical (unpaired) electrons. The van der Waals surface area contributed by atoms with E-state index in [1.165, 1.54) is 0 Å². The predicted molar refractivity (Wildman–Crippen MR) is 214 cm³/mol. The third-order valence-corrected chi connectivity index (χ3v) is 11.0. The standard InChI is InChI=1S/C44H54F4N4O10/c1-22(2)18-25(39(56)28(53)16-17-30(55)50-37(40(49)57)23-12-8-6-9-13-23)19-29(54)27-20-26(62-44(3,4)5)21-52(27)42(59)38(24-14-10-7-11-15-24)51-41(58)31-33(45)35(47)32(43(60)61)36(48)34(31)46/h6,8-9,12-13,22,24-27,37-38H,7,10-11,14-21H2,1-5H3,(H2,49,57)(H,50,55)(H,51,58)(H,60,61)/t25?,26-,27+,37+,38+/m1/s1. The number of benzene rings is 2. The highest BCUT2D eigenvalue weighted by molar-refractivity contribution is 6.38. The Labute approximate surface area is 356 Å². The van der Waals surface area contributed by atoms with Gasteiger partial charge in [-0.3, -0.25) is 33.6 Å². The summed E-state index contributed by atoms with van der Waals surface area (Å²) in [7, 11) is 0. The maximum atomic E-state index is 15.1. The highest BCUT2D eigenvalue weighted by atomic mass is 19.2.